The van der Waals surface area contributed by atoms with E-state index in [4.69, 9.17) is 17.5 Å². The topological polar surface area (TPSA) is 80.3 Å². The molecular formula is BaCdO4S+2. The standard InChI is InChI=1S/Ba.Cd.H2O4S/c;;1-5(2,3)4/h;;(H2,1,2,3,4)/q2*+2;/p-2. The second-order valence-electron chi connectivity index (χ2n) is 0.408. The Morgan fingerprint density at radius 2 is 1.14 bits per heavy atom. The van der Waals surface area contributed by atoms with Crippen molar-refractivity contribution in [3.05, 3.63) is 0 Å². The summed E-state index contributed by atoms with van der Waals surface area (Å²) in [5.74, 6) is 0. The fourth-order valence-corrected chi connectivity index (χ4v) is 0. The first-order valence-electron chi connectivity index (χ1n) is 0.667. The molecule has 0 aliphatic rings. The monoisotopic (exact) mass is 348 g/mol. The molecule has 0 bridgehead atoms. The number of rotatable bonds is 0. The fourth-order valence-electron chi connectivity index (χ4n) is 0. The summed E-state index contributed by atoms with van der Waals surface area (Å²) in [5, 5.41) is 0. The molecule has 0 radical (unpaired) electrons. The van der Waals surface area contributed by atoms with Gasteiger partial charge in [0.15, 0.2) is 0 Å². The van der Waals surface area contributed by atoms with Crippen LogP contribution in [0.2, 0.25) is 0 Å². The van der Waals surface area contributed by atoms with E-state index >= 15 is 0 Å². The molecule has 0 aliphatic carbocycles. The van der Waals surface area contributed by atoms with Gasteiger partial charge in [-0.1, -0.05) is 0 Å². The fraction of sp³-hybridized carbons (Fsp3) is 0. The summed E-state index contributed by atoms with van der Waals surface area (Å²) in [6, 6.07) is 0. The Bertz CT molecular complexity index is 94.9. The van der Waals surface area contributed by atoms with Crippen LogP contribution >= 0.6 is 0 Å². The normalized spacial score (nSPS) is 8.29. The molecule has 0 rings (SSSR count). The molecule has 0 unspecified atom stereocenters. The zero-order chi connectivity index (χ0) is 4.50. The summed E-state index contributed by atoms with van der Waals surface area (Å²) < 4.78 is 34.1. The zero-order valence-corrected chi connectivity index (χ0v) is 12.7. The van der Waals surface area contributed by atoms with Crippen molar-refractivity contribution in [2.75, 3.05) is 0 Å². The van der Waals surface area contributed by atoms with Crippen molar-refractivity contribution in [1.29, 1.82) is 0 Å². The van der Waals surface area contributed by atoms with Crippen LogP contribution < -0.4 is 0 Å². The van der Waals surface area contributed by atoms with Crippen LogP contribution in [0.25, 0.3) is 0 Å². The molecule has 32 valence electrons. The second kappa shape index (κ2) is 6.48. The molecule has 0 fully saturated rings. The molecule has 0 atom stereocenters. The van der Waals surface area contributed by atoms with Crippen molar-refractivity contribution >= 4 is 59.3 Å². The number of hydrogen-bond donors (Lipinski definition) is 0. The minimum Gasteiger partial charge on any atom is -0.759 e. The average Bonchev–Trinajstić information content (AvgIpc) is 0.722. The third-order valence-corrected chi connectivity index (χ3v) is 0. The molecule has 0 heterocycles. The Morgan fingerprint density at radius 3 is 1.14 bits per heavy atom. The SMILES string of the molecule is O=S(=O)([O-])[O-].[Ba+2].[Cd+2]. The Morgan fingerprint density at radius 1 is 1.14 bits per heavy atom. The van der Waals surface area contributed by atoms with Crippen LogP contribution in [0.15, 0.2) is 0 Å². The summed E-state index contributed by atoms with van der Waals surface area (Å²) in [5.41, 5.74) is 0. The summed E-state index contributed by atoms with van der Waals surface area (Å²) in [7, 11) is -5.17. The molecular weight excluding hydrogens is 346 g/mol. The van der Waals surface area contributed by atoms with Gasteiger partial charge in [0.1, 0.15) is 0 Å². The van der Waals surface area contributed by atoms with E-state index in [-0.39, 0.29) is 76.2 Å². The first-order valence-corrected chi connectivity index (χ1v) is 2.00. The van der Waals surface area contributed by atoms with Gasteiger partial charge in [0.25, 0.3) is 0 Å². The minimum absolute atomic E-state index is 0. The second-order valence-corrected chi connectivity index (χ2v) is 1.22. The van der Waals surface area contributed by atoms with Gasteiger partial charge in [-0.15, -0.1) is 0 Å². The van der Waals surface area contributed by atoms with Crippen molar-refractivity contribution < 1.29 is 44.8 Å². The molecule has 0 aromatic rings. The Balaban J connectivity index is -0.0000000800. The molecule has 0 N–H and O–H groups in total. The van der Waals surface area contributed by atoms with Gasteiger partial charge in [0.05, 0.1) is 0 Å². The maximum Gasteiger partial charge on any atom is 2.00 e. The van der Waals surface area contributed by atoms with Gasteiger partial charge in [-0.3, -0.25) is 8.42 Å². The van der Waals surface area contributed by atoms with E-state index in [1.165, 1.54) is 0 Å². The van der Waals surface area contributed by atoms with Gasteiger partial charge in [-0.05, 0) is 0 Å². The largest absolute Gasteiger partial charge is 2.00 e. The van der Waals surface area contributed by atoms with Crippen LogP contribution in [0.1, 0.15) is 0 Å². The van der Waals surface area contributed by atoms with Crippen LogP contribution in [0.3, 0.4) is 0 Å². The van der Waals surface area contributed by atoms with Gasteiger partial charge < -0.3 is 9.11 Å². The molecule has 4 nitrogen and oxygen atoms in total. The molecule has 0 saturated carbocycles. The molecule has 7 heteroatoms. The van der Waals surface area contributed by atoms with Gasteiger partial charge in [0, 0.05) is 10.4 Å². The molecule has 0 saturated heterocycles. The van der Waals surface area contributed by atoms with E-state index in [0.717, 1.165) is 0 Å². The molecule has 0 aromatic heterocycles. The van der Waals surface area contributed by atoms with Crippen LogP contribution in [-0.4, -0.2) is 66.4 Å². The van der Waals surface area contributed by atoms with Crippen LogP contribution in [0.5, 0.6) is 0 Å². The van der Waals surface area contributed by atoms with Crippen molar-refractivity contribution in [2.24, 2.45) is 0 Å². The van der Waals surface area contributed by atoms with E-state index in [9.17, 15) is 0 Å². The van der Waals surface area contributed by atoms with Gasteiger partial charge >= 0.3 is 76.2 Å². The Kier molecular flexibility index (Phi) is 15.0. The van der Waals surface area contributed by atoms with Gasteiger partial charge in [-0.2, -0.15) is 0 Å². The summed E-state index contributed by atoms with van der Waals surface area (Å²) in [6.45, 7) is 0. The maximum absolute atomic E-state index is 8.52. The molecule has 0 aromatic carbocycles. The van der Waals surface area contributed by atoms with E-state index in [1.807, 2.05) is 0 Å². The Labute approximate surface area is 102 Å². The van der Waals surface area contributed by atoms with Crippen molar-refractivity contribution in [3.8, 4) is 0 Å². The van der Waals surface area contributed by atoms with Crippen molar-refractivity contribution in [1.82, 2.24) is 0 Å². The molecule has 0 aliphatic heterocycles. The minimum atomic E-state index is -5.17. The molecule has 0 amide bonds. The smallest absolute Gasteiger partial charge is 0.759 e. The van der Waals surface area contributed by atoms with E-state index < -0.39 is 10.4 Å². The summed E-state index contributed by atoms with van der Waals surface area (Å²) in [4.78, 5) is 0. The van der Waals surface area contributed by atoms with E-state index in [2.05, 4.69) is 0 Å². The van der Waals surface area contributed by atoms with Crippen molar-refractivity contribution in [3.63, 3.8) is 0 Å². The molecule has 0 spiro atoms. The predicted octanol–water partition coefficient (Wildman–Crippen LogP) is -1.72. The predicted molar refractivity (Wildman–Crippen MR) is 16.2 cm³/mol. The third-order valence-electron chi connectivity index (χ3n) is 0. The summed E-state index contributed by atoms with van der Waals surface area (Å²) >= 11 is 0. The van der Waals surface area contributed by atoms with Crippen LogP contribution in [0, 0.1) is 0 Å². The van der Waals surface area contributed by atoms with Gasteiger partial charge in [-0.25, -0.2) is 0 Å². The first kappa shape index (κ1) is 16.2. The third kappa shape index (κ3) is 60.6. The number of hydrogen-bond acceptors (Lipinski definition) is 4. The van der Waals surface area contributed by atoms with E-state index in [1.54, 1.807) is 0 Å². The van der Waals surface area contributed by atoms with Gasteiger partial charge in [0.2, 0.25) is 0 Å². The van der Waals surface area contributed by atoms with Crippen molar-refractivity contribution in [2.45, 2.75) is 0 Å². The van der Waals surface area contributed by atoms with Crippen LogP contribution in [0.4, 0.5) is 0 Å². The molecule has 7 heavy (non-hydrogen) atoms. The van der Waals surface area contributed by atoms with Crippen LogP contribution in [-0.2, 0) is 37.7 Å². The summed E-state index contributed by atoms with van der Waals surface area (Å²) in [6.07, 6.45) is 0. The zero-order valence-electron chi connectivity index (χ0n) is 3.46. The average molecular weight is 346 g/mol. The quantitative estimate of drug-likeness (QED) is 0.297. The maximum atomic E-state index is 8.52. The first-order chi connectivity index (χ1) is 2.00. The van der Waals surface area contributed by atoms with E-state index in [0.29, 0.717) is 0 Å². The Hall–Kier alpha value is 2.36.